The van der Waals surface area contributed by atoms with Crippen LogP contribution in [0.2, 0.25) is 0 Å². The predicted molar refractivity (Wildman–Crippen MR) is 88.5 cm³/mol. The lowest BCUT2D eigenvalue weighted by Gasteiger charge is -2.60. The molecule has 120 valence electrons. The van der Waals surface area contributed by atoms with Gasteiger partial charge in [0.15, 0.2) is 0 Å². The van der Waals surface area contributed by atoms with Gasteiger partial charge in [0.05, 0.1) is 0 Å². The normalized spacial score (nSPS) is 44.1. The first-order valence-corrected chi connectivity index (χ1v) is 9.88. The van der Waals surface area contributed by atoms with Crippen LogP contribution in [0.4, 0.5) is 0 Å². The van der Waals surface area contributed by atoms with E-state index in [4.69, 9.17) is 0 Å². The summed E-state index contributed by atoms with van der Waals surface area (Å²) >= 11 is 0. The summed E-state index contributed by atoms with van der Waals surface area (Å²) in [5, 5.41) is 0. The largest absolute Gasteiger partial charge is 0.300 e. The summed E-state index contributed by atoms with van der Waals surface area (Å²) in [6.45, 7) is 6.62. The van der Waals surface area contributed by atoms with Gasteiger partial charge in [-0.1, -0.05) is 32.6 Å². The molecule has 0 aliphatic carbocycles. The fraction of sp³-hybridized carbons (Fsp3) is 1.00. The number of rotatable bonds is 3. The van der Waals surface area contributed by atoms with Gasteiger partial charge in [0, 0.05) is 24.7 Å². The average Bonchev–Trinajstić information content (AvgIpc) is 2.55. The van der Waals surface area contributed by atoms with Crippen LogP contribution in [0, 0.1) is 11.8 Å². The Bertz CT molecular complexity index is 353. The van der Waals surface area contributed by atoms with Crippen molar-refractivity contribution in [3.63, 3.8) is 0 Å². The molecule has 0 N–H and O–H groups in total. The molecule has 4 fully saturated rings. The van der Waals surface area contributed by atoms with E-state index in [1.807, 2.05) is 0 Å². The molecule has 5 atom stereocenters. The number of hydrogen-bond donors (Lipinski definition) is 0. The first kappa shape index (κ1) is 14.5. The van der Waals surface area contributed by atoms with E-state index in [0.717, 1.165) is 30.0 Å². The van der Waals surface area contributed by atoms with E-state index in [-0.39, 0.29) is 0 Å². The summed E-state index contributed by atoms with van der Waals surface area (Å²) in [5.74, 6) is 2.01. The van der Waals surface area contributed by atoms with Gasteiger partial charge < -0.3 is 0 Å². The Labute approximate surface area is 131 Å². The second-order valence-electron chi connectivity index (χ2n) is 8.23. The highest BCUT2D eigenvalue weighted by Gasteiger charge is 2.50. The van der Waals surface area contributed by atoms with Crippen molar-refractivity contribution in [2.24, 2.45) is 11.8 Å². The molecule has 1 unspecified atom stereocenters. The van der Waals surface area contributed by atoms with Gasteiger partial charge in [-0.15, -0.1) is 0 Å². The van der Waals surface area contributed by atoms with Crippen molar-refractivity contribution in [1.82, 2.24) is 9.80 Å². The first-order chi connectivity index (χ1) is 10.4. The molecule has 21 heavy (non-hydrogen) atoms. The number of fused-ring (bicyclic) bond motifs is 6. The minimum Gasteiger partial charge on any atom is -0.300 e. The number of piperidine rings is 4. The lowest BCUT2D eigenvalue weighted by Crippen LogP contribution is -2.67. The third-order valence-corrected chi connectivity index (χ3v) is 7.11. The molecule has 0 aromatic rings. The van der Waals surface area contributed by atoms with E-state index in [2.05, 4.69) is 16.7 Å². The minimum absolute atomic E-state index is 0.928. The van der Waals surface area contributed by atoms with E-state index in [9.17, 15) is 0 Å². The zero-order valence-electron chi connectivity index (χ0n) is 14.0. The summed E-state index contributed by atoms with van der Waals surface area (Å²) < 4.78 is 0. The maximum atomic E-state index is 3.02. The molecule has 0 aromatic heterocycles. The molecule has 4 aliphatic rings. The zero-order chi connectivity index (χ0) is 14.2. The SMILES string of the molecule is CCCCC1[C@@H]2C[C@@H](CN3CCCC[C@H]23)[C@@H]2CCCCN12. The Morgan fingerprint density at radius 2 is 1.76 bits per heavy atom. The van der Waals surface area contributed by atoms with Crippen LogP contribution >= 0.6 is 0 Å². The van der Waals surface area contributed by atoms with Gasteiger partial charge in [-0.05, 0) is 63.5 Å². The van der Waals surface area contributed by atoms with E-state index >= 15 is 0 Å². The predicted octanol–water partition coefficient (Wildman–Crippen LogP) is 3.90. The quantitative estimate of drug-likeness (QED) is 0.777. The third kappa shape index (κ3) is 2.57. The van der Waals surface area contributed by atoms with Gasteiger partial charge in [0.1, 0.15) is 0 Å². The number of unbranched alkanes of at least 4 members (excludes halogenated alkanes) is 1. The molecule has 4 rings (SSSR count). The molecule has 0 radical (unpaired) electrons. The fourth-order valence-corrected chi connectivity index (χ4v) is 6.24. The molecule has 0 aromatic carbocycles. The van der Waals surface area contributed by atoms with Crippen LogP contribution in [0.3, 0.4) is 0 Å². The first-order valence-electron chi connectivity index (χ1n) is 9.88. The van der Waals surface area contributed by atoms with Crippen molar-refractivity contribution < 1.29 is 0 Å². The van der Waals surface area contributed by atoms with Gasteiger partial charge in [0.2, 0.25) is 0 Å². The summed E-state index contributed by atoms with van der Waals surface area (Å²) in [7, 11) is 0. The van der Waals surface area contributed by atoms with Crippen LogP contribution in [0.5, 0.6) is 0 Å². The van der Waals surface area contributed by atoms with Crippen LogP contribution in [-0.2, 0) is 0 Å². The second-order valence-corrected chi connectivity index (χ2v) is 8.23. The maximum absolute atomic E-state index is 3.02. The molecule has 4 aliphatic heterocycles. The van der Waals surface area contributed by atoms with Crippen LogP contribution in [0.1, 0.15) is 71.1 Å². The summed E-state index contributed by atoms with van der Waals surface area (Å²) in [6.07, 6.45) is 14.8. The number of nitrogens with zero attached hydrogens (tertiary/aromatic N) is 2. The van der Waals surface area contributed by atoms with E-state index < -0.39 is 0 Å². The molecule has 0 amide bonds. The second kappa shape index (κ2) is 6.20. The maximum Gasteiger partial charge on any atom is 0.0142 e. The molecule has 2 bridgehead atoms. The molecule has 0 spiro atoms. The summed E-state index contributed by atoms with van der Waals surface area (Å²) in [6, 6.07) is 2.82. The van der Waals surface area contributed by atoms with Crippen molar-refractivity contribution in [3.8, 4) is 0 Å². The molecule has 4 heterocycles. The van der Waals surface area contributed by atoms with Crippen molar-refractivity contribution in [1.29, 1.82) is 0 Å². The summed E-state index contributed by atoms with van der Waals surface area (Å²) in [4.78, 5) is 5.94. The fourth-order valence-electron chi connectivity index (χ4n) is 6.24. The summed E-state index contributed by atoms with van der Waals surface area (Å²) in [5.41, 5.74) is 0. The van der Waals surface area contributed by atoms with Gasteiger partial charge in [-0.25, -0.2) is 0 Å². The van der Waals surface area contributed by atoms with E-state index in [1.54, 1.807) is 6.42 Å². The lowest BCUT2D eigenvalue weighted by atomic mass is 9.66. The highest BCUT2D eigenvalue weighted by Crippen LogP contribution is 2.46. The Balaban J connectivity index is 1.59. The minimum atomic E-state index is 0.928. The van der Waals surface area contributed by atoms with Gasteiger partial charge in [-0.2, -0.15) is 0 Å². The topological polar surface area (TPSA) is 6.48 Å². The average molecular weight is 290 g/mol. The molecular weight excluding hydrogens is 256 g/mol. The number of hydrogen-bond acceptors (Lipinski definition) is 2. The molecule has 0 saturated carbocycles. The third-order valence-electron chi connectivity index (χ3n) is 7.11. The van der Waals surface area contributed by atoms with Crippen LogP contribution in [0.25, 0.3) is 0 Å². The Morgan fingerprint density at radius 1 is 0.952 bits per heavy atom. The van der Waals surface area contributed by atoms with Gasteiger partial charge >= 0.3 is 0 Å². The Hall–Kier alpha value is -0.0800. The highest BCUT2D eigenvalue weighted by atomic mass is 15.3. The molecule has 4 saturated heterocycles. The highest BCUT2D eigenvalue weighted by molar-refractivity contribution is 5.05. The van der Waals surface area contributed by atoms with E-state index in [0.29, 0.717) is 0 Å². The van der Waals surface area contributed by atoms with Crippen LogP contribution in [-0.4, -0.2) is 47.6 Å². The zero-order valence-corrected chi connectivity index (χ0v) is 14.0. The van der Waals surface area contributed by atoms with E-state index in [1.165, 1.54) is 77.4 Å². The lowest BCUT2D eigenvalue weighted by molar-refractivity contribution is -0.109. The smallest absolute Gasteiger partial charge is 0.0142 e. The van der Waals surface area contributed by atoms with Crippen LogP contribution < -0.4 is 0 Å². The van der Waals surface area contributed by atoms with Crippen molar-refractivity contribution in [2.45, 2.75) is 89.3 Å². The molecule has 2 nitrogen and oxygen atoms in total. The van der Waals surface area contributed by atoms with Crippen LogP contribution in [0.15, 0.2) is 0 Å². The monoisotopic (exact) mass is 290 g/mol. The van der Waals surface area contributed by atoms with Gasteiger partial charge in [-0.3, -0.25) is 9.80 Å². The van der Waals surface area contributed by atoms with Crippen molar-refractivity contribution in [3.05, 3.63) is 0 Å². The van der Waals surface area contributed by atoms with Crippen molar-refractivity contribution >= 4 is 0 Å². The molecular formula is C19H34N2. The molecule has 2 heteroatoms. The standard InChI is InChI=1S/C19H34N2/c1-2-3-8-19-16-13-15(17-9-5-7-12-21(17)19)14-20-11-6-4-10-18(16)20/h15-19H,2-14H2,1H3/t15-,16+,17-,18+,19?/m0/s1. The van der Waals surface area contributed by atoms with Crippen molar-refractivity contribution in [2.75, 3.05) is 19.6 Å². The van der Waals surface area contributed by atoms with Gasteiger partial charge in [0.25, 0.3) is 0 Å². The Morgan fingerprint density at radius 3 is 2.62 bits per heavy atom. The Kier molecular flexibility index (Phi) is 4.28.